The molecule has 0 amide bonds. The van der Waals surface area contributed by atoms with Crippen LogP contribution in [0.15, 0.2) is 30.7 Å². The molecule has 0 spiro atoms. The zero-order valence-corrected chi connectivity index (χ0v) is 20.8. The van der Waals surface area contributed by atoms with Crippen molar-refractivity contribution >= 4 is 12.2 Å². The normalized spacial score (nSPS) is 19.7. The Morgan fingerprint density at radius 1 is 1.09 bits per heavy atom. The molecule has 34 heavy (non-hydrogen) atoms. The van der Waals surface area contributed by atoms with E-state index in [1.54, 1.807) is 7.11 Å². The maximum absolute atomic E-state index is 5.65. The third-order valence-electron chi connectivity index (χ3n) is 7.43. The highest BCUT2D eigenvalue weighted by molar-refractivity contribution is 5.69. The summed E-state index contributed by atoms with van der Waals surface area (Å²) in [7, 11) is 1.70. The molecule has 2 aliphatic rings. The van der Waals surface area contributed by atoms with Crippen LogP contribution in [0.5, 0.6) is 5.75 Å². The Bertz CT molecular complexity index is 1150. The van der Waals surface area contributed by atoms with Gasteiger partial charge in [-0.05, 0) is 89.2 Å². The first-order valence-electron chi connectivity index (χ1n) is 12.6. The number of ether oxygens (including phenoxy) is 1. The highest BCUT2D eigenvalue weighted by Gasteiger charge is 2.33. The molecule has 0 saturated carbocycles. The summed E-state index contributed by atoms with van der Waals surface area (Å²) in [4.78, 5) is 11.9. The first-order chi connectivity index (χ1) is 16.5. The van der Waals surface area contributed by atoms with E-state index in [9.17, 15) is 0 Å². The lowest BCUT2D eigenvalue weighted by atomic mass is 9.79. The van der Waals surface area contributed by atoms with Crippen LogP contribution in [-0.4, -0.2) is 55.5 Å². The van der Waals surface area contributed by atoms with Crippen molar-refractivity contribution in [2.24, 2.45) is 5.92 Å². The predicted octanol–water partition coefficient (Wildman–Crippen LogP) is 4.95. The summed E-state index contributed by atoms with van der Waals surface area (Å²) >= 11 is 0. The van der Waals surface area contributed by atoms with Crippen LogP contribution in [0.1, 0.15) is 68.4 Å². The minimum atomic E-state index is 0.538. The van der Waals surface area contributed by atoms with Crippen LogP contribution in [0, 0.1) is 12.8 Å². The van der Waals surface area contributed by atoms with Gasteiger partial charge in [-0.3, -0.25) is 0 Å². The van der Waals surface area contributed by atoms with Crippen LogP contribution >= 0.6 is 0 Å². The van der Waals surface area contributed by atoms with Gasteiger partial charge >= 0.3 is 0 Å². The standard InChI is InChI=1S/C27H36N6O/c1-19(2)31-14-11-22(12-15-31)23-6-5-13-33-27(23)29-26(30-33)10-8-21-7-9-24(25(16-21)34-4)32-17-20(3)28-18-32/h7-10,16-19,22-23H,5-6,11-15H2,1-4H3/b10-8+/t23-/m1/s1. The summed E-state index contributed by atoms with van der Waals surface area (Å²) in [6.45, 7) is 9.98. The van der Waals surface area contributed by atoms with Gasteiger partial charge in [-0.25, -0.2) is 14.6 Å². The molecule has 1 aromatic carbocycles. The molecule has 1 saturated heterocycles. The fourth-order valence-electron chi connectivity index (χ4n) is 5.49. The Balaban J connectivity index is 1.32. The third-order valence-corrected chi connectivity index (χ3v) is 7.43. The summed E-state index contributed by atoms with van der Waals surface area (Å²) in [5.74, 6) is 4.06. The van der Waals surface area contributed by atoms with E-state index in [0.717, 1.165) is 41.0 Å². The average Bonchev–Trinajstić information content (AvgIpc) is 3.48. The molecule has 0 unspecified atom stereocenters. The van der Waals surface area contributed by atoms with E-state index in [2.05, 4.69) is 46.6 Å². The lowest BCUT2D eigenvalue weighted by Crippen LogP contribution is -2.40. The van der Waals surface area contributed by atoms with Crippen LogP contribution in [0.2, 0.25) is 0 Å². The fraction of sp³-hybridized carbons (Fsp3) is 0.519. The maximum atomic E-state index is 5.65. The van der Waals surface area contributed by atoms with Gasteiger partial charge in [0, 0.05) is 24.7 Å². The number of hydrogen-bond donors (Lipinski definition) is 0. The van der Waals surface area contributed by atoms with E-state index in [1.807, 2.05) is 36.2 Å². The van der Waals surface area contributed by atoms with Crippen molar-refractivity contribution in [2.75, 3.05) is 20.2 Å². The summed E-state index contributed by atoms with van der Waals surface area (Å²) < 4.78 is 9.80. The van der Waals surface area contributed by atoms with Crippen LogP contribution in [0.4, 0.5) is 0 Å². The van der Waals surface area contributed by atoms with Crippen LogP contribution in [0.25, 0.3) is 17.8 Å². The molecule has 7 nitrogen and oxygen atoms in total. The van der Waals surface area contributed by atoms with Crippen molar-refractivity contribution in [2.45, 2.75) is 65.0 Å². The van der Waals surface area contributed by atoms with E-state index in [4.69, 9.17) is 14.8 Å². The molecule has 0 aliphatic carbocycles. The summed E-state index contributed by atoms with van der Waals surface area (Å²) in [5.41, 5.74) is 3.01. The number of benzene rings is 1. The minimum Gasteiger partial charge on any atom is -0.495 e. The second-order valence-electron chi connectivity index (χ2n) is 9.95. The molecule has 0 bridgehead atoms. The molecule has 4 heterocycles. The SMILES string of the molecule is COc1cc(/C=C/c2nc3n(n2)CCC[C@@H]3C2CCN(C(C)C)CC2)ccc1-n1cnc(C)c1. The zero-order valence-electron chi connectivity index (χ0n) is 20.8. The molecule has 0 N–H and O–H groups in total. The largest absolute Gasteiger partial charge is 0.495 e. The fourth-order valence-corrected chi connectivity index (χ4v) is 5.49. The molecular weight excluding hydrogens is 424 g/mol. The highest BCUT2D eigenvalue weighted by Crippen LogP contribution is 2.38. The molecule has 3 aromatic rings. The third kappa shape index (κ3) is 4.67. The van der Waals surface area contributed by atoms with Crippen molar-refractivity contribution in [1.82, 2.24) is 29.2 Å². The first-order valence-corrected chi connectivity index (χ1v) is 12.6. The van der Waals surface area contributed by atoms with Gasteiger partial charge in [-0.1, -0.05) is 12.1 Å². The van der Waals surface area contributed by atoms with Gasteiger partial charge in [0.1, 0.15) is 11.6 Å². The quantitative estimate of drug-likeness (QED) is 0.521. The molecule has 7 heteroatoms. The van der Waals surface area contributed by atoms with Gasteiger partial charge in [-0.2, -0.15) is 5.10 Å². The van der Waals surface area contributed by atoms with Crippen molar-refractivity contribution in [3.05, 3.63) is 53.6 Å². The minimum absolute atomic E-state index is 0.538. The van der Waals surface area contributed by atoms with Crippen LogP contribution in [-0.2, 0) is 6.54 Å². The number of hydrogen-bond acceptors (Lipinski definition) is 5. The second kappa shape index (κ2) is 9.74. The molecule has 2 aliphatic heterocycles. The van der Waals surface area contributed by atoms with Crippen molar-refractivity contribution in [1.29, 1.82) is 0 Å². The first kappa shape index (κ1) is 22.8. The van der Waals surface area contributed by atoms with Crippen LogP contribution < -0.4 is 4.74 Å². The lowest BCUT2D eigenvalue weighted by molar-refractivity contribution is 0.128. The molecule has 0 radical (unpaired) electrons. The number of piperidine rings is 1. The molecule has 1 fully saturated rings. The van der Waals surface area contributed by atoms with Gasteiger partial charge in [0.05, 0.1) is 24.8 Å². The molecule has 2 aromatic heterocycles. The number of aromatic nitrogens is 5. The second-order valence-corrected chi connectivity index (χ2v) is 9.95. The number of methoxy groups -OCH3 is 1. The van der Waals surface area contributed by atoms with E-state index in [1.165, 1.54) is 44.6 Å². The average molecular weight is 461 g/mol. The Kier molecular flexibility index (Phi) is 6.55. The topological polar surface area (TPSA) is 61.0 Å². The van der Waals surface area contributed by atoms with Crippen molar-refractivity contribution in [3.8, 4) is 11.4 Å². The maximum Gasteiger partial charge on any atom is 0.174 e. The zero-order chi connectivity index (χ0) is 23.7. The molecule has 1 atom stereocenters. The number of likely N-dealkylation sites (tertiary alicyclic amines) is 1. The Morgan fingerprint density at radius 3 is 2.62 bits per heavy atom. The van der Waals surface area contributed by atoms with E-state index in [-0.39, 0.29) is 0 Å². The molecule has 180 valence electrons. The molecule has 5 rings (SSSR count). The van der Waals surface area contributed by atoms with E-state index in [0.29, 0.717) is 12.0 Å². The Labute approximate surface area is 202 Å². The van der Waals surface area contributed by atoms with Crippen molar-refractivity contribution in [3.63, 3.8) is 0 Å². The van der Waals surface area contributed by atoms with Gasteiger partial charge in [0.2, 0.25) is 0 Å². The van der Waals surface area contributed by atoms with E-state index >= 15 is 0 Å². The van der Waals surface area contributed by atoms with Crippen LogP contribution in [0.3, 0.4) is 0 Å². The van der Waals surface area contributed by atoms with E-state index < -0.39 is 0 Å². The van der Waals surface area contributed by atoms with Gasteiger partial charge in [0.15, 0.2) is 5.82 Å². The smallest absolute Gasteiger partial charge is 0.174 e. The number of nitrogens with zero attached hydrogens (tertiary/aromatic N) is 6. The van der Waals surface area contributed by atoms with Crippen molar-refractivity contribution < 1.29 is 4.74 Å². The number of imidazole rings is 1. The van der Waals surface area contributed by atoms with Gasteiger partial charge in [0.25, 0.3) is 0 Å². The Hall–Kier alpha value is -2.93. The number of fused-ring (bicyclic) bond motifs is 1. The monoisotopic (exact) mass is 460 g/mol. The lowest BCUT2D eigenvalue weighted by Gasteiger charge is -2.38. The summed E-state index contributed by atoms with van der Waals surface area (Å²) in [6, 6.07) is 6.84. The van der Waals surface area contributed by atoms with Gasteiger partial charge < -0.3 is 14.2 Å². The predicted molar refractivity (Wildman–Crippen MR) is 135 cm³/mol. The molecular formula is C27H36N6O. The summed E-state index contributed by atoms with van der Waals surface area (Å²) in [5, 5.41) is 4.83. The Morgan fingerprint density at radius 2 is 1.91 bits per heavy atom. The number of rotatable bonds is 6. The number of aryl methyl sites for hydroxylation is 2. The summed E-state index contributed by atoms with van der Waals surface area (Å²) in [6.07, 6.45) is 12.9. The van der Waals surface area contributed by atoms with Gasteiger partial charge in [-0.15, -0.1) is 0 Å². The highest BCUT2D eigenvalue weighted by atomic mass is 16.5.